The van der Waals surface area contributed by atoms with E-state index in [9.17, 15) is 4.79 Å². The standard InChI is InChI=1S/C10H17N3O3/c1-7(2)5-8-6-9(12-16-8)11-10(14)13(3)15-4/h6-7H,5H2,1-4H3,(H,11,12,14). The summed E-state index contributed by atoms with van der Waals surface area (Å²) in [7, 11) is 2.91. The number of hydroxylamine groups is 2. The molecule has 1 aromatic rings. The molecule has 0 bridgehead atoms. The fourth-order valence-corrected chi connectivity index (χ4v) is 1.14. The summed E-state index contributed by atoms with van der Waals surface area (Å²) in [5.41, 5.74) is 0. The van der Waals surface area contributed by atoms with Crippen molar-refractivity contribution in [1.82, 2.24) is 10.2 Å². The van der Waals surface area contributed by atoms with Gasteiger partial charge in [-0.3, -0.25) is 10.2 Å². The number of urea groups is 1. The highest BCUT2D eigenvalue weighted by molar-refractivity contribution is 5.87. The largest absolute Gasteiger partial charge is 0.359 e. The number of rotatable bonds is 4. The third-order valence-electron chi connectivity index (χ3n) is 1.96. The zero-order chi connectivity index (χ0) is 12.1. The molecule has 0 aliphatic carbocycles. The van der Waals surface area contributed by atoms with Gasteiger partial charge in [-0.15, -0.1) is 0 Å². The van der Waals surface area contributed by atoms with Crippen LogP contribution in [-0.2, 0) is 11.3 Å². The van der Waals surface area contributed by atoms with E-state index < -0.39 is 6.03 Å². The molecule has 0 atom stereocenters. The Morgan fingerprint density at radius 1 is 1.69 bits per heavy atom. The highest BCUT2D eigenvalue weighted by Gasteiger charge is 2.11. The summed E-state index contributed by atoms with van der Waals surface area (Å²) in [6.07, 6.45) is 0.795. The molecule has 0 aliphatic rings. The Morgan fingerprint density at radius 2 is 2.38 bits per heavy atom. The summed E-state index contributed by atoms with van der Waals surface area (Å²) in [5, 5.41) is 7.35. The van der Waals surface area contributed by atoms with Gasteiger partial charge in [-0.2, -0.15) is 0 Å². The van der Waals surface area contributed by atoms with Gasteiger partial charge in [-0.1, -0.05) is 19.0 Å². The molecule has 1 rings (SSSR count). The fourth-order valence-electron chi connectivity index (χ4n) is 1.14. The molecule has 0 unspecified atom stereocenters. The van der Waals surface area contributed by atoms with Gasteiger partial charge in [0.05, 0.1) is 7.11 Å². The predicted molar refractivity (Wildman–Crippen MR) is 58.8 cm³/mol. The van der Waals surface area contributed by atoms with Crippen molar-refractivity contribution in [2.45, 2.75) is 20.3 Å². The molecular formula is C10H17N3O3. The Kier molecular flexibility index (Phi) is 4.30. The zero-order valence-electron chi connectivity index (χ0n) is 9.98. The van der Waals surface area contributed by atoms with Crippen LogP contribution in [0.3, 0.4) is 0 Å². The summed E-state index contributed by atoms with van der Waals surface area (Å²) >= 11 is 0. The maximum atomic E-state index is 11.4. The predicted octanol–water partition coefficient (Wildman–Crippen LogP) is 1.90. The van der Waals surface area contributed by atoms with Crippen LogP contribution in [0.25, 0.3) is 0 Å². The van der Waals surface area contributed by atoms with Gasteiger partial charge in [-0.25, -0.2) is 9.86 Å². The molecule has 6 nitrogen and oxygen atoms in total. The Hall–Kier alpha value is -1.56. The summed E-state index contributed by atoms with van der Waals surface area (Å²) < 4.78 is 5.07. The first-order valence-electron chi connectivity index (χ1n) is 5.07. The lowest BCUT2D eigenvalue weighted by Gasteiger charge is -2.12. The van der Waals surface area contributed by atoms with Gasteiger partial charge in [0, 0.05) is 19.5 Å². The van der Waals surface area contributed by atoms with E-state index >= 15 is 0 Å². The van der Waals surface area contributed by atoms with Crippen LogP contribution in [0.2, 0.25) is 0 Å². The quantitative estimate of drug-likeness (QED) is 0.798. The first-order chi connectivity index (χ1) is 7.52. The topological polar surface area (TPSA) is 67.6 Å². The number of hydrogen-bond donors (Lipinski definition) is 1. The Bertz CT molecular complexity index is 349. The minimum Gasteiger partial charge on any atom is -0.359 e. The first kappa shape index (κ1) is 12.5. The molecule has 0 spiro atoms. The van der Waals surface area contributed by atoms with Gasteiger partial charge in [0.1, 0.15) is 5.76 Å². The van der Waals surface area contributed by atoms with Crippen LogP contribution < -0.4 is 5.32 Å². The Balaban J connectivity index is 2.55. The maximum Gasteiger partial charge on any atom is 0.346 e. The molecule has 0 fully saturated rings. The molecule has 16 heavy (non-hydrogen) atoms. The van der Waals surface area contributed by atoms with Gasteiger partial charge < -0.3 is 4.52 Å². The molecule has 1 heterocycles. The summed E-state index contributed by atoms with van der Waals surface area (Å²) in [6, 6.07) is 1.31. The van der Waals surface area contributed by atoms with E-state index in [1.54, 1.807) is 6.07 Å². The number of nitrogens with zero attached hydrogens (tertiary/aromatic N) is 2. The molecule has 0 aliphatic heterocycles. The van der Waals surface area contributed by atoms with E-state index in [0.29, 0.717) is 11.7 Å². The third-order valence-corrected chi connectivity index (χ3v) is 1.96. The number of carbonyl (C=O) groups is 1. The molecule has 1 aromatic heterocycles. The second-order valence-corrected chi connectivity index (χ2v) is 3.89. The molecule has 0 saturated heterocycles. The highest BCUT2D eigenvalue weighted by atomic mass is 16.7. The minimum absolute atomic E-state index is 0.393. The van der Waals surface area contributed by atoms with Gasteiger partial charge in [0.15, 0.2) is 5.82 Å². The molecule has 0 saturated carbocycles. The molecule has 0 aromatic carbocycles. The molecule has 90 valence electrons. The number of hydrogen-bond acceptors (Lipinski definition) is 4. The SMILES string of the molecule is CON(C)C(=O)Nc1cc(CC(C)C)on1. The van der Waals surface area contributed by atoms with Crippen LogP contribution in [0.1, 0.15) is 19.6 Å². The van der Waals surface area contributed by atoms with Gasteiger partial charge in [-0.05, 0) is 5.92 Å². The van der Waals surface area contributed by atoms with Crippen molar-refractivity contribution >= 4 is 11.8 Å². The van der Waals surface area contributed by atoms with Crippen LogP contribution in [0.5, 0.6) is 0 Å². The number of carbonyl (C=O) groups excluding carboxylic acids is 1. The van der Waals surface area contributed by atoms with E-state index in [1.165, 1.54) is 14.2 Å². The number of nitrogens with one attached hydrogen (secondary N) is 1. The third kappa shape index (κ3) is 3.54. The van der Waals surface area contributed by atoms with E-state index in [-0.39, 0.29) is 0 Å². The lowest BCUT2D eigenvalue weighted by Crippen LogP contribution is -2.30. The number of anilines is 1. The van der Waals surface area contributed by atoms with Crippen LogP contribution in [0.15, 0.2) is 10.6 Å². The lowest BCUT2D eigenvalue weighted by molar-refractivity contribution is -0.0598. The van der Waals surface area contributed by atoms with Crippen molar-refractivity contribution in [2.24, 2.45) is 5.92 Å². The van der Waals surface area contributed by atoms with Crippen molar-refractivity contribution < 1.29 is 14.2 Å². The van der Waals surface area contributed by atoms with Gasteiger partial charge in [0.2, 0.25) is 0 Å². The molecular weight excluding hydrogens is 210 g/mol. The summed E-state index contributed by atoms with van der Waals surface area (Å²) in [5.74, 6) is 1.63. The van der Waals surface area contributed by atoms with E-state index in [0.717, 1.165) is 17.2 Å². The minimum atomic E-state index is -0.396. The first-order valence-corrected chi connectivity index (χ1v) is 5.07. The molecule has 0 radical (unpaired) electrons. The average molecular weight is 227 g/mol. The monoisotopic (exact) mass is 227 g/mol. The van der Waals surface area contributed by atoms with Gasteiger partial charge in [0.25, 0.3) is 0 Å². The Morgan fingerprint density at radius 3 is 2.94 bits per heavy atom. The summed E-state index contributed by atoms with van der Waals surface area (Å²) in [4.78, 5) is 16.1. The second-order valence-electron chi connectivity index (χ2n) is 3.89. The van der Waals surface area contributed by atoms with Crippen LogP contribution in [0.4, 0.5) is 10.6 Å². The molecule has 6 heteroatoms. The normalized spacial score (nSPS) is 10.6. The van der Waals surface area contributed by atoms with Gasteiger partial charge >= 0.3 is 6.03 Å². The van der Waals surface area contributed by atoms with E-state index in [4.69, 9.17) is 9.36 Å². The number of aromatic nitrogens is 1. The zero-order valence-corrected chi connectivity index (χ0v) is 9.98. The van der Waals surface area contributed by atoms with Crippen molar-refractivity contribution in [3.63, 3.8) is 0 Å². The Labute approximate surface area is 94.5 Å². The average Bonchev–Trinajstić information content (AvgIpc) is 2.63. The molecule has 2 amide bonds. The van der Waals surface area contributed by atoms with Crippen molar-refractivity contribution in [2.75, 3.05) is 19.5 Å². The smallest absolute Gasteiger partial charge is 0.346 e. The van der Waals surface area contributed by atoms with Crippen molar-refractivity contribution in [3.8, 4) is 0 Å². The second kappa shape index (κ2) is 5.50. The van der Waals surface area contributed by atoms with Crippen LogP contribution in [-0.4, -0.2) is 30.4 Å². The molecule has 1 N–H and O–H groups in total. The maximum absolute atomic E-state index is 11.4. The fraction of sp³-hybridized carbons (Fsp3) is 0.600. The lowest BCUT2D eigenvalue weighted by atomic mass is 10.1. The highest BCUT2D eigenvalue weighted by Crippen LogP contribution is 2.13. The van der Waals surface area contributed by atoms with E-state index in [2.05, 4.69) is 24.3 Å². The van der Waals surface area contributed by atoms with Crippen LogP contribution in [0, 0.1) is 5.92 Å². The summed E-state index contributed by atoms with van der Waals surface area (Å²) in [6.45, 7) is 4.17. The van der Waals surface area contributed by atoms with E-state index in [1.807, 2.05) is 0 Å². The van der Waals surface area contributed by atoms with Crippen molar-refractivity contribution in [3.05, 3.63) is 11.8 Å². The number of amides is 2. The van der Waals surface area contributed by atoms with Crippen LogP contribution >= 0.6 is 0 Å². The van der Waals surface area contributed by atoms with Crippen molar-refractivity contribution in [1.29, 1.82) is 0 Å².